The van der Waals surface area contributed by atoms with Gasteiger partial charge in [-0.05, 0) is 26.2 Å². The Hall–Kier alpha value is -0.980. The SMILES string of the molecule is CC(C)NC(=O)[C@@H]1C[C@@H](N)CN1Cc1nc(C(C)C)cs1. The molecule has 1 aromatic rings. The molecule has 0 saturated carbocycles. The molecule has 0 aliphatic carbocycles. The first-order valence-electron chi connectivity index (χ1n) is 7.61. The van der Waals surface area contributed by atoms with Crippen LogP contribution in [0.4, 0.5) is 0 Å². The number of nitrogens with one attached hydrogen (secondary N) is 1. The fraction of sp³-hybridized carbons (Fsp3) is 0.733. The molecule has 21 heavy (non-hydrogen) atoms. The minimum absolute atomic E-state index is 0.0671. The maximum atomic E-state index is 12.3. The van der Waals surface area contributed by atoms with Gasteiger partial charge in [-0.2, -0.15) is 0 Å². The van der Waals surface area contributed by atoms with Crippen LogP contribution < -0.4 is 11.1 Å². The highest BCUT2D eigenvalue weighted by molar-refractivity contribution is 7.09. The molecule has 3 N–H and O–H groups in total. The van der Waals surface area contributed by atoms with Crippen molar-refractivity contribution in [3.8, 4) is 0 Å². The normalized spacial score (nSPS) is 23.2. The van der Waals surface area contributed by atoms with Crippen LogP contribution in [0, 0.1) is 0 Å². The molecule has 2 rings (SSSR count). The molecule has 118 valence electrons. The highest BCUT2D eigenvalue weighted by Crippen LogP contribution is 2.23. The standard InChI is InChI=1S/C15H26N4OS/c1-9(2)12-8-21-14(18-12)7-19-6-11(16)5-13(19)15(20)17-10(3)4/h8-11,13H,5-7,16H2,1-4H3,(H,17,20)/t11-,13+/m1/s1. The molecular weight excluding hydrogens is 284 g/mol. The molecule has 1 amide bonds. The first kappa shape index (κ1) is 16.4. The van der Waals surface area contributed by atoms with Gasteiger partial charge in [0, 0.05) is 24.0 Å². The Morgan fingerprint density at radius 3 is 2.81 bits per heavy atom. The van der Waals surface area contributed by atoms with Gasteiger partial charge in [0.05, 0.1) is 18.3 Å². The van der Waals surface area contributed by atoms with Gasteiger partial charge in [-0.1, -0.05) is 13.8 Å². The van der Waals surface area contributed by atoms with Crippen molar-refractivity contribution in [1.29, 1.82) is 0 Å². The quantitative estimate of drug-likeness (QED) is 0.868. The first-order chi connectivity index (χ1) is 9.86. The van der Waals surface area contributed by atoms with E-state index in [1.807, 2.05) is 13.8 Å². The first-order valence-corrected chi connectivity index (χ1v) is 8.49. The Morgan fingerprint density at radius 2 is 2.24 bits per heavy atom. The summed E-state index contributed by atoms with van der Waals surface area (Å²) >= 11 is 1.67. The molecular formula is C15H26N4OS. The molecule has 0 radical (unpaired) electrons. The molecule has 0 aromatic carbocycles. The largest absolute Gasteiger partial charge is 0.353 e. The lowest BCUT2D eigenvalue weighted by atomic mass is 10.1. The van der Waals surface area contributed by atoms with Crippen molar-refractivity contribution >= 4 is 17.2 Å². The summed E-state index contributed by atoms with van der Waals surface area (Å²) in [7, 11) is 0. The lowest BCUT2D eigenvalue weighted by molar-refractivity contribution is -0.126. The van der Waals surface area contributed by atoms with Crippen LogP contribution in [0.25, 0.3) is 0 Å². The number of rotatable bonds is 5. The highest BCUT2D eigenvalue weighted by atomic mass is 32.1. The molecule has 5 nitrogen and oxygen atoms in total. The molecule has 0 bridgehead atoms. The predicted octanol–water partition coefficient (Wildman–Crippen LogP) is 1.69. The van der Waals surface area contributed by atoms with Crippen LogP contribution in [0.3, 0.4) is 0 Å². The molecule has 6 heteroatoms. The number of hydrogen-bond donors (Lipinski definition) is 2. The van der Waals surface area contributed by atoms with Crippen LogP contribution >= 0.6 is 11.3 Å². The molecule has 0 spiro atoms. The number of thiazole rings is 1. The minimum atomic E-state index is -0.131. The maximum Gasteiger partial charge on any atom is 0.237 e. The molecule has 2 atom stereocenters. The molecule has 1 aliphatic heterocycles. The lowest BCUT2D eigenvalue weighted by Gasteiger charge is -2.23. The van der Waals surface area contributed by atoms with E-state index in [9.17, 15) is 4.79 Å². The summed E-state index contributed by atoms with van der Waals surface area (Å²) in [6.07, 6.45) is 0.723. The summed E-state index contributed by atoms with van der Waals surface area (Å²) in [4.78, 5) is 19.1. The number of nitrogens with two attached hydrogens (primary N) is 1. The number of nitrogens with zero attached hydrogens (tertiary/aromatic N) is 2. The summed E-state index contributed by atoms with van der Waals surface area (Å²) in [6.45, 7) is 9.71. The zero-order valence-corrected chi connectivity index (χ0v) is 14.1. The average Bonchev–Trinajstić information content (AvgIpc) is 2.96. The summed E-state index contributed by atoms with van der Waals surface area (Å²) in [5.41, 5.74) is 7.18. The van der Waals surface area contributed by atoms with Crippen LogP contribution in [0.5, 0.6) is 0 Å². The Kier molecular flexibility index (Phi) is 5.35. The molecule has 1 aliphatic rings. The Bertz CT molecular complexity index is 486. The van der Waals surface area contributed by atoms with Gasteiger partial charge < -0.3 is 11.1 Å². The van der Waals surface area contributed by atoms with Gasteiger partial charge in [-0.15, -0.1) is 11.3 Å². The van der Waals surface area contributed by atoms with Crippen molar-refractivity contribution in [2.75, 3.05) is 6.54 Å². The number of carbonyl (C=O) groups excluding carboxylic acids is 1. The van der Waals surface area contributed by atoms with Gasteiger partial charge >= 0.3 is 0 Å². The van der Waals surface area contributed by atoms with Crippen molar-refractivity contribution in [3.63, 3.8) is 0 Å². The van der Waals surface area contributed by atoms with Gasteiger partial charge in [0.2, 0.25) is 5.91 Å². The summed E-state index contributed by atoms with van der Waals surface area (Å²) in [5, 5.41) is 6.17. The van der Waals surface area contributed by atoms with E-state index in [-0.39, 0.29) is 24.0 Å². The van der Waals surface area contributed by atoms with E-state index in [2.05, 4.69) is 34.4 Å². The van der Waals surface area contributed by atoms with Gasteiger partial charge in [0.25, 0.3) is 0 Å². The number of carbonyl (C=O) groups is 1. The van der Waals surface area contributed by atoms with Crippen LogP contribution in [0.15, 0.2) is 5.38 Å². The fourth-order valence-electron chi connectivity index (χ4n) is 2.60. The van der Waals surface area contributed by atoms with Crippen LogP contribution in [-0.2, 0) is 11.3 Å². The van der Waals surface area contributed by atoms with E-state index in [0.717, 1.165) is 23.7 Å². The molecule has 1 saturated heterocycles. The van der Waals surface area contributed by atoms with Gasteiger partial charge in [0.1, 0.15) is 5.01 Å². The van der Waals surface area contributed by atoms with Crippen molar-refractivity contribution in [2.45, 2.75) is 64.7 Å². The third kappa shape index (κ3) is 4.25. The third-order valence-electron chi connectivity index (χ3n) is 3.67. The second kappa shape index (κ2) is 6.85. The van der Waals surface area contributed by atoms with E-state index in [1.54, 1.807) is 11.3 Å². The van der Waals surface area contributed by atoms with Gasteiger partial charge in [0.15, 0.2) is 0 Å². The number of aromatic nitrogens is 1. The van der Waals surface area contributed by atoms with Crippen molar-refractivity contribution < 1.29 is 4.79 Å². The molecule has 2 heterocycles. The van der Waals surface area contributed by atoms with Crippen LogP contribution in [0.1, 0.15) is 50.7 Å². The van der Waals surface area contributed by atoms with Crippen LogP contribution in [-0.4, -0.2) is 40.5 Å². The molecule has 1 fully saturated rings. The fourth-order valence-corrected chi connectivity index (χ4v) is 3.58. The van der Waals surface area contributed by atoms with E-state index >= 15 is 0 Å². The Labute approximate surface area is 130 Å². The topological polar surface area (TPSA) is 71.2 Å². The Balaban J connectivity index is 2.03. The second-order valence-electron chi connectivity index (χ2n) is 6.43. The van der Waals surface area contributed by atoms with E-state index < -0.39 is 0 Å². The smallest absolute Gasteiger partial charge is 0.237 e. The van der Waals surface area contributed by atoms with Crippen molar-refractivity contribution in [1.82, 2.24) is 15.2 Å². The molecule has 1 aromatic heterocycles. The average molecular weight is 310 g/mol. The summed E-state index contributed by atoms with van der Waals surface area (Å²) < 4.78 is 0. The zero-order valence-electron chi connectivity index (χ0n) is 13.3. The van der Waals surface area contributed by atoms with Crippen LogP contribution in [0.2, 0.25) is 0 Å². The van der Waals surface area contributed by atoms with E-state index in [4.69, 9.17) is 5.73 Å². The zero-order chi connectivity index (χ0) is 15.6. The van der Waals surface area contributed by atoms with E-state index in [1.165, 1.54) is 0 Å². The Morgan fingerprint density at radius 1 is 1.52 bits per heavy atom. The van der Waals surface area contributed by atoms with Crippen molar-refractivity contribution in [3.05, 3.63) is 16.1 Å². The van der Waals surface area contributed by atoms with Crippen molar-refractivity contribution in [2.24, 2.45) is 5.73 Å². The highest BCUT2D eigenvalue weighted by Gasteiger charge is 2.35. The lowest BCUT2D eigenvalue weighted by Crippen LogP contribution is -2.45. The second-order valence-corrected chi connectivity index (χ2v) is 7.37. The van der Waals surface area contributed by atoms with Gasteiger partial charge in [-0.3, -0.25) is 9.69 Å². The number of amides is 1. The summed E-state index contributed by atoms with van der Waals surface area (Å²) in [6, 6.07) is 0.0924. The minimum Gasteiger partial charge on any atom is -0.353 e. The third-order valence-corrected chi connectivity index (χ3v) is 4.52. The maximum absolute atomic E-state index is 12.3. The number of likely N-dealkylation sites (tertiary alicyclic amines) is 1. The van der Waals surface area contributed by atoms with E-state index in [0.29, 0.717) is 12.5 Å². The predicted molar refractivity (Wildman–Crippen MR) is 86.3 cm³/mol. The number of hydrogen-bond acceptors (Lipinski definition) is 5. The molecule has 0 unspecified atom stereocenters. The summed E-state index contributed by atoms with van der Waals surface area (Å²) in [5.74, 6) is 0.523. The van der Waals surface area contributed by atoms with Gasteiger partial charge in [-0.25, -0.2) is 4.98 Å². The monoisotopic (exact) mass is 310 g/mol.